The number of nitrogens with two attached hydrogens (primary N) is 1. The average molecular weight is 359 g/mol. The molecular weight excluding hydrogens is 338 g/mol. The van der Waals surface area contributed by atoms with E-state index in [9.17, 15) is 4.79 Å². The van der Waals surface area contributed by atoms with Gasteiger partial charge >= 0.3 is 0 Å². The van der Waals surface area contributed by atoms with Gasteiger partial charge in [0.05, 0.1) is 5.56 Å². The fraction of sp³-hybridized carbons (Fsp3) is 0.182. The molecule has 0 saturated carbocycles. The van der Waals surface area contributed by atoms with Gasteiger partial charge in [0.2, 0.25) is 11.8 Å². The first-order valence-corrected chi connectivity index (χ1v) is 9.00. The van der Waals surface area contributed by atoms with Gasteiger partial charge in [0.25, 0.3) is 0 Å². The van der Waals surface area contributed by atoms with Crippen molar-refractivity contribution in [2.24, 2.45) is 5.73 Å². The Labute approximate surface area is 158 Å². The van der Waals surface area contributed by atoms with Crippen molar-refractivity contribution in [2.75, 3.05) is 6.54 Å². The van der Waals surface area contributed by atoms with Gasteiger partial charge in [-0.25, -0.2) is 4.98 Å². The van der Waals surface area contributed by atoms with Crippen molar-refractivity contribution < 1.29 is 9.53 Å². The number of benzene rings is 2. The highest BCUT2D eigenvalue weighted by atomic mass is 16.5. The first-order chi connectivity index (χ1) is 13.2. The molecule has 0 radical (unpaired) electrons. The number of pyridine rings is 1. The van der Waals surface area contributed by atoms with E-state index in [0.29, 0.717) is 11.4 Å². The SMILES string of the molecule is NC(=O)c1ccc(Oc2cccc3c2CCN(Cc2ccccc2)C3)nc1. The van der Waals surface area contributed by atoms with Crippen LogP contribution in [0.4, 0.5) is 0 Å². The summed E-state index contributed by atoms with van der Waals surface area (Å²) in [6, 6.07) is 20.0. The van der Waals surface area contributed by atoms with Crippen LogP contribution in [0, 0.1) is 0 Å². The van der Waals surface area contributed by atoms with Gasteiger partial charge in [-0.3, -0.25) is 9.69 Å². The molecule has 0 bridgehead atoms. The lowest BCUT2D eigenvalue weighted by atomic mass is 9.98. The molecule has 4 rings (SSSR count). The van der Waals surface area contributed by atoms with Crippen LogP contribution in [0.5, 0.6) is 11.6 Å². The number of ether oxygens (including phenoxy) is 1. The number of rotatable bonds is 5. The first-order valence-electron chi connectivity index (χ1n) is 9.00. The molecule has 3 aromatic rings. The molecule has 2 aromatic carbocycles. The Bertz CT molecular complexity index is 940. The highest BCUT2D eigenvalue weighted by molar-refractivity contribution is 5.92. The van der Waals surface area contributed by atoms with Crippen LogP contribution in [0.1, 0.15) is 27.0 Å². The molecule has 0 atom stereocenters. The maximum Gasteiger partial charge on any atom is 0.250 e. The summed E-state index contributed by atoms with van der Waals surface area (Å²) in [6.45, 7) is 2.83. The van der Waals surface area contributed by atoms with Gasteiger partial charge in [0.15, 0.2) is 0 Å². The van der Waals surface area contributed by atoms with Gasteiger partial charge in [-0.15, -0.1) is 0 Å². The van der Waals surface area contributed by atoms with E-state index in [0.717, 1.165) is 31.8 Å². The Balaban J connectivity index is 1.49. The molecule has 2 heterocycles. The van der Waals surface area contributed by atoms with E-state index < -0.39 is 5.91 Å². The zero-order valence-electron chi connectivity index (χ0n) is 15.0. The molecule has 136 valence electrons. The molecule has 1 aromatic heterocycles. The van der Waals surface area contributed by atoms with Crippen LogP contribution in [-0.4, -0.2) is 22.3 Å². The molecule has 5 nitrogen and oxygen atoms in total. The molecule has 2 N–H and O–H groups in total. The summed E-state index contributed by atoms with van der Waals surface area (Å²) in [5.74, 6) is 0.788. The third kappa shape index (κ3) is 3.99. The summed E-state index contributed by atoms with van der Waals surface area (Å²) in [5, 5.41) is 0. The maximum atomic E-state index is 11.2. The number of fused-ring (bicyclic) bond motifs is 1. The second kappa shape index (κ2) is 7.60. The zero-order chi connectivity index (χ0) is 18.6. The second-order valence-corrected chi connectivity index (χ2v) is 6.69. The minimum atomic E-state index is -0.496. The summed E-state index contributed by atoms with van der Waals surface area (Å²) >= 11 is 0. The largest absolute Gasteiger partial charge is 0.439 e. The van der Waals surface area contributed by atoms with Crippen molar-refractivity contribution in [3.05, 3.63) is 89.1 Å². The van der Waals surface area contributed by atoms with Gasteiger partial charge in [0.1, 0.15) is 5.75 Å². The third-order valence-corrected chi connectivity index (χ3v) is 4.79. The molecule has 1 aliphatic heterocycles. The molecule has 27 heavy (non-hydrogen) atoms. The van der Waals surface area contributed by atoms with Gasteiger partial charge < -0.3 is 10.5 Å². The van der Waals surface area contributed by atoms with Crippen molar-refractivity contribution in [3.63, 3.8) is 0 Å². The van der Waals surface area contributed by atoms with Crippen molar-refractivity contribution in [1.29, 1.82) is 0 Å². The predicted molar refractivity (Wildman–Crippen MR) is 104 cm³/mol. The Morgan fingerprint density at radius 2 is 1.93 bits per heavy atom. The van der Waals surface area contributed by atoms with Crippen LogP contribution in [0.3, 0.4) is 0 Å². The summed E-state index contributed by atoms with van der Waals surface area (Å²) in [7, 11) is 0. The lowest BCUT2D eigenvalue weighted by Gasteiger charge is -2.29. The Morgan fingerprint density at radius 3 is 2.67 bits per heavy atom. The number of nitrogens with zero attached hydrogens (tertiary/aromatic N) is 2. The predicted octanol–water partition coefficient (Wildman–Crippen LogP) is 3.53. The lowest BCUT2D eigenvalue weighted by Crippen LogP contribution is -2.30. The Hall–Kier alpha value is -3.18. The monoisotopic (exact) mass is 359 g/mol. The number of carbonyl (C=O) groups excluding carboxylic acids is 1. The molecule has 0 unspecified atom stereocenters. The van der Waals surface area contributed by atoms with E-state index >= 15 is 0 Å². The van der Waals surface area contributed by atoms with Crippen molar-refractivity contribution in [1.82, 2.24) is 9.88 Å². The number of primary amides is 1. The number of hydrogen-bond acceptors (Lipinski definition) is 4. The fourth-order valence-corrected chi connectivity index (χ4v) is 3.40. The minimum absolute atomic E-state index is 0.369. The van der Waals surface area contributed by atoms with E-state index in [4.69, 9.17) is 10.5 Å². The van der Waals surface area contributed by atoms with E-state index in [-0.39, 0.29) is 0 Å². The number of carbonyl (C=O) groups is 1. The molecule has 0 spiro atoms. The molecule has 5 heteroatoms. The van der Waals surface area contributed by atoms with Crippen molar-refractivity contribution in [2.45, 2.75) is 19.5 Å². The summed E-state index contributed by atoms with van der Waals surface area (Å²) in [6.07, 6.45) is 2.37. The fourth-order valence-electron chi connectivity index (χ4n) is 3.40. The van der Waals surface area contributed by atoms with Gasteiger partial charge in [-0.2, -0.15) is 0 Å². The summed E-state index contributed by atoms with van der Waals surface area (Å²) in [4.78, 5) is 17.8. The highest BCUT2D eigenvalue weighted by Gasteiger charge is 2.20. The number of hydrogen-bond donors (Lipinski definition) is 1. The average Bonchev–Trinajstić information content (AvgIpc) is 2.69. The second-order valence-electron chi connectivity index (χ2n) is 6.69. The third-order valence-electron chi connectivity index (χ3n) is 4.79. The van der Waals surface area contributed by atoms with Crippen LogP contribution in [0.15, 0.2) is 66.9 Å². The quantitative estimate of drug-likeness (QED) is 0.757. The lowest BCUT2D eigenvalue weighted by molar-refractivity contribution is 0.1000. The topological polar surface area (TPSA) is 68.5 Å². The van der Waals surface area contributed by atoms with Gasteiger partial charge in [0, 0.05) is 37.5 Å². The van der Waals surface area contributed by atoms with E-state index in [2.05, 4.69) is 40.2 Å². The van der Waals surface area contributed by atoms with Crippen molar-refractivity contribution in [3.8, 4) is 11.6 Å². The smallest absolute Gasteiger partial charge is 0.250 e. The Morgan fingerprint density at radius 1 is 1.07 bits per heavy atom. The van der Waals surface area contributed by atoms with Crippen LogP contribution in [0.2, 0.25) is 0 Å². The summed E-state index contributed by atoms with van der Waals surface area (Å²) < 4.78 is 5.98. The standard InChI is InChI=1S/C22H21N3O2/c23-22(26)17-9-10-21(24-13-17)27-20-8-4-7-18-15-25(12-11-19(18)20)14-16-5-2-1-3-6-16/h1-10,13H,11-12,14-15H2,(H2,23,26). The normalized spacial score (nSPS) is 13.8. The van der Waals surface area contributed by atoms with Crippen LogP contribution in [0.25, 0.3) is 0 Å². The molecule has 0 aliphatic carbocycles. The minimum Gasteiger partial charge on any atom is -0.439 e. The van der Waals surface area contributed by atoms with Crippen LogP contribution < -0.4 is 10.5 Å². The molecule has 0 fully saturated rings. The maximum absolute atomic E-state index is 11.2. The molecule has 1 amide bonds. The Kier molecular flexibility index (Phi) is 4.85. The van der Waals surface area contributed by atoms with Gasteiger partial charge in [-0.05, 0) is 29.7 Å². The zero-order valence-corrected chi connectivity index (χ0v) is 15.0. The molecular formula is C22H21N3O2. The highest BCUT2D eigenvalue weighted by Crippen LogP contribution is 2.31. The molecule has 0 saturated heterocycles. The first kappa shape index (κ1) is 17.2. The van der Waals surface area contributed by atoms with E-state index in [1.165, 1.54) is 22.9 Å². The van der Waals surface area contributed by atoms with Crippen LogP contribution >= 0.6 is 0 Å². The van der Waals surface area contributed by atoms with E-state index in [1.54, 1.807) is 12.1 Å². The van der Waals surface area contributed by atoms with Crippen LogP contribution in [-0.2, 0) is 19.5 Å². The van der Waals surface area contributed by atoms with E-state index in [1.807, 2.05) is 18.2 Å². The number of aromatic nitrogens is 1. The summed E-state index contributed by atoms with van der Waals surface area (Å²) in [5.41, 5.74) is 9.45. The number of amides is 1. The molecule has 1 aliphatic rings. The van der Waals surface area contributed by atoms with Crippen molar-refractivity contribution >= 4 is 5.91 Å². The van der Waals surface area contributed by atoms with Gasteiger partial charge in [-0.1, -0.05) is 42.5 Å².